The highest BCUT2D eigenvalue weighted by molar-refractivity contribution is 7.10. The van der Waals surface area contributed by atoms with Crippen LogP contribution in [0.5, 0.6) is 0 Å². The van der Waals surface area contributed by atoms with Gasteiger partial charge in [-0.3, -0.25) is 9.36 Å². The van der Waals surface area contributed by atoms with Crippen LogP contribution in [0, 0.1) is 5.82 Å². The maximum Gasteiger partial charge on any atom is 0.338 e. The van der Waals surface area contributed by atoms with E-state index in [1.165, 1.54) is 34.8 Å². The highest BCUT2D eigenvalue weighted by Gasteiger charge is 2.35. The molecule has 6 nitrogen and oxygen atoms in total. The summed E-state index contributed by atoms with van der Waals surface area (Å²) in [5.41, 5.74) is 4.25. The number of aromatic nitrogens is 2. The fourth-order valence-electron chi connectivity index (χ4n) is 5.61. The van der Waals surface area contributed by atoms with Crippen molar-refractivity contribution in [1.29, 1.82) is 0 Å². The van der Waals surface area contributed by atoms with Gasteiger partial charge in [0.1, 0.15) is 11.9 Å². The molecule has 218 valence electrons. The zero-order valence-corrected chi connectivity index (χ0v) is 25.3. The summed E-state index contributed by atoms with van der Waals surface area (Å²) in [6.45, 7) is 2.52. The molecule has 1 aliphatic rings. The van der Waals surface area contributed by atoms with E-state index in [-0.39, 0.29) is 18.0 Å². The lowest BCUT2D eigenvalue weighted by molar-refractivity contribution is -0.138. The van der Waals surface area contributed by atoms with Crippen LogP contribution >= 0.6 is 22.7 Å². The third-order valence-electron chi connectivity index (χ3n) is 7.56. The molecule has 6 aromatic rings. The van der Waals surface area contributed by atoms with Crippen LogP contribution in [0.4, 0.5) is 4.39 Å². The monoisotopic (exact) mass is 619 g/mol. The average Bonchev–Trinajstić information content (AvgIpc) is 3.77. The molecule has 7 rings (SSSR count). The molecule has 0 saturated carbocycles. The Kier molecular flexibility index (Phi) is 7.41. The van der Waals surface area contributed by atoms with Crippen LogP contribution in [0.1, 0.15) is 34.5 Å². The van der Waals surface area contributed by atoms with Crippen LogP contribution in [0.15, 0.2) is 118 Å². The minimum Gasteiger partial charge on any atom is -0.463 e. The lowest BCUT2D eigenvalue weighted by atomic mass is 9.97. The molecule has 0 spiro atoms. The Morgan fingerprint density at radius 3 is 2.52 bits per heavy atom. The summed E-state index contributed by atoms with van der Waals surface area (Å²) in [6.07, 6.45) is 3.91. The minimum absolute atomic E-state index is 0.202. The van der Waals surface area contributed by atoms with Gasteiger partial charge in [-0.1, -0.05) is 78.1 Å². The molecule has 3 aromatic carbocycles. The second kappa shape index (κ2) is 11.7. The Hall–Kier alpha value is -4.86. The van der Waals surface area contributed by atoms with E-state index >= 15 is 0 Å². The van der Waals surface area contributed by atoms with Crippen LogP contribution in [0.25, 0.3) is 22.7 Å². The number of benzene rings is 3. The molecule has 0 amide bonds. The topological polar surface area (TPSA) is 65.6 Å². The second-order valence-corrected chi connectivity index (χ2v) is 12.3. The van der Waals surface area contributed by atoms with Gasteiger partial charge in [0.25, 0.3) is 5.56 Å². The van der Waals surface area contributed by atoms with Crippen molar-refractivity contribution in [2.45, 2.75) is 19.5 Å². The Balaban J connectivity index is 1.43. The number of hydrogen-bond acceptors (Lipinski definition) is 6. The number of ether oxygens (including phenoxy) is 1. The van der Waals surface area contributed by atoms with Crippen LogP contribution < -0.4 is 14.9 Å². The van der Waals surface area contributed by atoms with Crippen molar-refractivity contribution >= 4 is 51.3 Å². The van der Waals surface area contributed by atoms with E-state index in [9.17, 15) is 14.0 Å². The van der Waals surface area contributed by atoms with Crippen LogP contribution in [-0.2, 0) is 16.1 Å². The molecular formula is C35H26FN3O3S2. The van der Waals surface area contributed by atoms with Gasteiger partial charge in [-0.15, -0.1) is 11.3 Å². The predicted octanol–water partition coefficient (Wildman–Crippen LogP) is 6.14. The van der Waals surface area contributed by atoms with Gasteiger partial charge in [0, 0.05) is 39.6 Å². The third-order valence-corrected chi connectivity index (χ3v) is 9.47. The van der Waals surface area contributed by atoms with Gasteiger partial charge in [0.15, 0.2) is 4.80 Å². The fraction of sp³-hybridized carbons (Fsp3) is 0.114. The number of carbonyl (C=O) groups is 1. The number of hydrogen-bond donors (Lipinski definition) is 0. The maximum atomic E-state index is 14.2. The Morgan fingerprint density at radius 1 is 1.00 bits per heavy atom. The largest absolute Gasteiger partial charge is 0.463 e. The summed E-state index contributed by atoms with van der Waals surface area (Å²) in [4.78, 5) is 34.1. The number of thiazole rings is 1. The van der Waals surface area contributed by atoms with E-state index in [0.717, 1.165) is 32.5 Å². The van der Waals surface area contributed by atoms with E-state index in [2.05, 4.69) is 4.57 Å². The maximum absolute atomic E-state index is 14.2. The zero-order valence-electron chi connectivity index (χ0n) is 23.6. The number of rotatable bonds is 7. The quantitative estimate of drug-likeness (QED) is 0.202. The van der Waals surface area contributed by atoms with Crippen molar-refractivity contribution in [2.24, 2.45) is 4.99 Å². The molecule has 1 atom stereocenters. The summed E-state index contributed by atoms with van der Waals surface area (Å²) < 4.78 is 23.3. The molecule has 3 aromatic heterocycles. The first-order valence-corrected chi connectivity index (χ1v) is 15.9. The number of nitrogens with zero attached hydrogens (tertiary/aromatic N) is 3. The summed E-state index contributed by atoms with van der Waals surface area (Å²) in [5.74, 6) is -0.767. The van der Waals surface area contributed by atoms with Crippen molar-refractivity contribution in [1.82, 2.24) is 9.13 Å². The molecule has 1 aliphatic heterocycles. The molecule has 0 radical (unpaired) electrons. The molecule has 4 heterocycles. The highest BCUT2D eigenvalue weighted by atomic mass is 32.1. The highest BCUT2D eigenvalue weighted by Crippen LogP contribution is 2.37. The third kappa shape index (κ3) is 5.04. The van der Waals surface area contributed by atoms with Gasteiger partial charge in [-0.25, -0.2) is 14.2 Å². The Labute approximate surface area is 260 Å². The molecule has 0 unspecified atom stereocenters. The van der Waals surface area contributed by atoms with E-state index in [1.54, 1.807) is 23.6 Å². The van der Waals surface area contributed by atoms with Crippen molar-refractivity contribution in [3.05, 3.63) is 155 Å². The number of esters is 1. The number of carbonyl (C=O) groups excluding carboxylic acids is 1. The normalized spacial score (nSPS) is 15.0. The molecule has 9 heteroatoms. The van der Waals surface area contributed by atoms with Gasteiger partial charge in [0.2, 0.25) is 0 Å². The van der Waals surface area contributed by atoms with E-state index in [4.69, 9.17) is 9.73 Å². The van der Waals surface area contributed by atoms with E-state index < -0.39 is 12.0 Å². The lowest BCUT2D eigenvalue weighted by Crippen LogP contribution is -2.39. The molecular weight excluding hydrogens is 594 g/mol. The fourth-order valence-corrected chi connectivity index (χ4v) is 7.42. The first kappa shape index (κ1) is 27.9. The SMILES string of the molecule is CCOC(=O)C1=C(c2ccccc2)N=c2s/c(=C\c3cn(Cc4ccc(F)cc4)c4ccccc34)c(=O)n2[C@H]1c1cccs1. The van der Waals surface area contributed by atoms with Crippen LogP contribution in [0.2, 0.25) is 0 Å². The van der Waals surface area contributed by atoms with Crippen LogP contribution in [0.3, 0.4) is 0 Å². The van der Waals surface area contributed by atoms with E-state index in [1.807, 2.05) is 84.4 Å². The minimum atomic E-state index is -0.678. The summed E-state index contributed by atoms with van der Waals surface area (Å²) in [5, 5.41) is 2.93. The second-order valence-electron chi connectivity index (χ2n) is 10.3. The van der Waals surface area contributed by atoms with Crippen molar-refractivity contribution in [3.8, 4) is 0 Å². The summed E-state index contributed by atoms with van der Waals surface area (Å²) in [6, 6.07) is 27.2. The van der Waals surface area contributed by atoms with Crippen molar-refractivity contribution < 1.29 is 13.9 Å². The zero-order chi connectivity index (χ0) is 30.2. The number of para-hydroxylation sites is 1. The molecule has 0 bridgehead atoms. The number of halogens is 1. The first-order valence-electron chi connectivity index (χ1n) is 14.2. The van der Waals surface area contributed by atoms with Crippen molar-refractivity contribution in [3.63, 3.8) is 0 Å². The van der Waals surface area contributed by atoms with E-state index in [0.29, 0.717) is 27.1 Å². The Morgan fingerprint density at radius 2 is 1.77 bits per heavy atom. The molecule has 0 fully saturated rings. The number of fused-ring (bicyclic) bond motifs is 2. The summed E-state index contributed by atoms with van der Waals surface area (Å²) >= 11 is 2.79. The predicted molar refractivity (Wildman–Crippen MR) is 173 cm³/mol. The van der Waals surface area contributed by atoms with Crippen LogP contribution in [-0.4, -0.2) is 21.7 Å². The van der Waals surface area contributed by atoms with Gasteiger partial charge in [0.05, 0.1) is 22.4 Å². The Bertz CT molecular complexity index is 2210. The van der Waals surface area contributed by atoms with Gasteiger partial charge in [-0.05, 0) is 48.2 Å². The average molecular weight is 620 g/mol. The van der Waals surface area contributed by atoms with Gasteiger partial charge < -0.3 is 9.30 Å². The van der Waals surface area contributed by atoms with Crippen molar-refractivity contribution in [2.75, 3.05) is 6.61 Å². The molecule has 44 heavy (non-hydrogen) atoms. The smallest absolute Gasteiger partial charge is 0.338 e. The lowest BCUT2D eigenvalue weighted by Gasteiger charge is -2.24. The standard InChI is InChI=1S/C35H26FN3O3S2/c1-2-42-34(41)30-31(23-9-4-3-5-10-23)37-35-39(32(30)28-13-8-18-43-28)33(40)29(44-35)19-24-21-38(27-12-7-6-11-26(24)27)20-22-14-16-25(36)17-15-22/h3-19,21,32H,2,20H2,1H3/b29-19-/t32-/m0/s1. The molecule has 0 saturated heterocycles. The summed E-state index contributed by atoms with van der Waals surface area (Å²) in [7, 11) is 0. The molecule has 0 aliphatic carbocycles. The number of thiophene rings is 1. The van der Waals surface area contributed by atoms with Gasteiger partial charge in [-0.2, -0.15) is 0 Å². The first-order chi connectivity index (χ1) is 21.5. The molecule has 0 N–H and O–H groups in total. The van der Waals surface area contributed by atoms with Gasteiger partial charge >= 0.3 is 5.97 Å².